The Hall–Kier alpha value is -0.810. The van der Waals surface area contributed by atoms with Crippen LogP contribution in [0.25, 0.3) is 0 Å². The summed E-state index contributed by atoms with van der Waals surface area (Å²) in [6, 6.07) is -0.664. The van der Waals surface area contributed by atoms with E-state index in [9.17, 15) is 14.7 Å². The summed E-state index contributed by atoms with van der Waals surface area (Å²) in [4.78, 5) is 23.9. The highest BCUT2D eigenvalue weighted by molar-refractivity contribution is 7.81. The summed E-state index contributed by atoms with van der Waals surface area (Å²) in [7, 11) is 0. The van der Waals surface area contributed by atoms with Crippen LogP contribution in [0.15, 0.2) is 0 Å². The van der Waals surface area contributed by atoms with Gasteiger partial charge in [-0.2, -0.15) is 0 Å². The molecule has 0 aliphatic carbocycles. The zero-order valence-electron chi connectivity index (χ0n) is 12.0. The Morgan fingerprint density at radius 3 is 2.47 bits per heavy atom. The van der Waals surface area contributed by atoms with Crippen LogP contribution in [0.1, 0.15) is 46.5 Å². The molecule has 0 saturated carbocycles. The van der Waals surface area contributed by atoms with Crippen LogP contribution in [-0.4, -0.2) is 40.4 Å². The number of aliphatic carboxylic acids is 1. The Balaban J connectivity index is 3.03. The molecule has 0 N–H and O–H groups in total. The molecular formula is C14H23NO3S. The molecule has 0 aromatic heterocycles. The zero-order valence-corrected chi connectivity index (χ0v) is 12.8. The topological polar surface area (TPSA) is 57.2 Å². The molecule has 0 aromatic rings. The summed E-state index contributed by atoms with van der Waals surface area (Å²) >= 11 is 5.35. The second-order valence-electron chi connectivity index (χ2n) is 5.73. The number of carboxylic acids is 1. The van der Waals surface area contributed by atoms with Crippen molar-refractivity contribution >= 4 is 29.0 Å². The van der Waals surface area contributed by atoms with Crippen molar-refractivity contribution in [2.24, 2.45) is 5.92 Å². The predicted molar refractivity (Wildman–Crippen MR) is 75.4 cm³/mol. The molecule has 2 unspecified atom stereocenters. The number of carbonyl (C=O) groups excluding carboxylic acids is 2. The van der Waals surface area contributed by atoms with Gasteiger partial charge in [-0.1, -0.05) is 13.8 Å². The molecule has 19 heavy (non-hydrogen) atoms. The molecule has 0 aromatic carbocycles. The second kappa shape index (κ2) is 6.57. The van der Waals surface area contributed by atoms with Crippen molar-refractivity contribution in [3.63, 3.8) is 0 Å². The molecule has 1 saturated heterocycles. The lowest BCUT2D eigenvalue weighted by molar-refractivity contribution is -0.860. The Bertz CT molecular complexity index is 381. The van der Waals surface area contributed by atoms with E-state index in [1.54, 1.807) is 0 Å². The number of likely N-dealkylation sites (tertiary alicyclic amines) is 1. The lowest BCUT2D eigenvalue weighted by atomic mass is 9.96. The van der Waals surface area contributed by atoms with Gasteiger partial charge >= 0.3 is 0 Å². The fourth-order valence-electron chi connectivity index (χ4n) is 2.93. The number of hydrogen-bond acceptors (Lipinski definition) is 4. The summed E-state index contributed by atoms with van der Waals surface area (Å²) in [6.45, 7) is 7.00. The van der Waals surface area contributed by atoms with Gasteiger partial charge in [-0.3, -0.25) is 9.28 Å². The van der Waals surface area contributed by atoms with Crippen molar-refractivity contribution in [3.8, 4) is 0 Å². The van der Waals surface area contributed by atoms with Gasteiger partial charge in [0.25, 0.3) is 0 Å². The van der Waals surface area contributed by atoms with Crippen molar-refractivity contribution in [1.29, 1.82) is 0 Å². The fraction of sp³-hybridized carbons (Fsp3) is 0.786. The summed E-state index contributed by atoms with van der Waals surface area (Å²) in [6.07, 6.45) is 2.70. The second-order valence-corrected chi connectivity index (χ2v) is 6.12. The van der Waals surface area contributed by atoms with E-state index in [0.717, 1.165) is 12.8 Å². The number of nitrogens with zero attached hydrogens (tertiary/aromatic N) is 1. The minimum atomic E-state index is -1.08. The first kappa shape index (κ1) is 16.2. The Labute approximate surface area is 120 Å². The minimum Gasteiger partial charge on any atom is -0.544 e. The number of carboxylic acid groups (broad SMARTS) is 1. The van der Waals surface area contributed by atoms with Crippen LogP contribution in [0.5, 0.6) is 0 Å². The van der Waals surface area contributed by atoms with Gasteiger partial charge in [0.1, 0.15) is 6.04 Å². The number of Topliss-reactive ketones (excluding diaryl/α,β-unsaturated/α-hetero) is 1. The van der Waals surface area contributed by atoms with E-state index in [-0.39, 0.29) is 21.2 Å². The SMILES string of the molecule is CC[N+]1(C(=S)C(=O)CC(C)C)CCCCC1C(=O)[O-]. The zero-order chi connectivity index (χ0) is 14.6. The first-order chi connectivity index (χ1) is 8.85. The van der Waals surface area contributed by atoms with Crippen molar-refractivity contribution in [2.75, 3.05) is 13.1 Å². The van der Waals surface area contributed by atoms with Gasteiger partial charge in [-0.15, -0.1) is 0 Å². The van der Waals surface area contributed by atoms with Crippen molar-refractivity contribution < 1.29 is 19.2 Å². The van der Waals surface area contributed by atoms with Crippen molar-refractivity contribution in [2.45, 2.75) is 52.5 Å². The highest BCUT2D eigenvalue weighted by Gasteiger charge is 2.45. The highest BCUT2D eigenvalue weighted by atomic mass is 32.1. The lowest BCUT2D eigenvalue weighted by Gasteiger charge is -2.46. The largest absolute Gasteiger partial charge is 0.544 e. The molecule has 4 nitrogen and oxygen atoms in total. The third-order valence-corrected chi connectivity index (χ3v) is 4.55. The molecule has 0 radical (unpaired) electrons. The number of thiocarbonyl (C=S) groups is 1. The van der Waals surface area contributed by atoms with E-state index in [2.05, 4.69) is 0 Å². The van der Waals surface area contributed by atoms with E-state index in [1.807, 2.05) is 20.8 Å². The number of hydrogen-bond donors (Lipinski definition) is 0. The van der Waals surface area contributed by atoms with Crippen LogP contribution in [0.3, 0.4) is 0 Å². The quantitative estimate of drug-likeness (QED) is 0.560. The van der Waals surface area contributed by atoms with Gasteiger partial charge in [0.2, 0.25) is 10.8 Å². The fourth-order valence-corrected chi connectivity index (χ4v) is 3.36. The summed E-state index contributed by atoms with van der Waals surface area (Å²) in [5.74, 6) is -0.935. The molecule has 1 fully saturated rings. The Morgan fingerprint density at radius 2 is 2.00 bits per heavy atom. The molecule has 1 rings (SSSR count). The van der Waals surface area contributed by atoms with Crippen LogP contribution in [0.4, 0.5) is 0 Å². The third-order valence-electron chi connectivity index (χ3n) is 3.95. The summed E-state index contributed by atoms with van der Waals surface area (Å²) < 4.78 is 0.114. The molecule has 1 aliphatic heterocycles. The maximum Gasteiger partial charge on any atom is 0.242 e. The number of likely N-dealkylation sites (N-methyl/N-ethyl adjacent to an activating group) is 1. The lowest BCUT2D eigenvalue weighted by Crippen LogP contribution is -2.67. The van der Waals surface area contributed by atoms with E-state index < -0.39 is 12.0 Å². The van der Waals surface area contributed by atoms with Crippen LogP contribution in [0.2, 0.25) is 0 Å². The number of rotatable bonds is 5. The highest BCUT2D eigenvalue weighted by Crippen LogP contribution is 2.28. The number of piperidine rings is 1. The molecular weight excluding hydrogens is 262 g/mol. The standard InChI is InChI=1S/C14H23NO3S/c1-4-15(13(19)12(16)9-10(2)3)8-6-5-7-11(15)14(17)18/h10-11H,4-9H2,1-3H3. The van der Waals surface area contributed by atoms with E-state index in [1.165, 1.54) is 0 Å². The predicted octanol–water partition coefficient (Wildman–Crippen LogP) is 1.07. The Morgan fingerprint density at radius 1 is 1.37 bits per heavy atom. The maximum absolute atomic E-state index is 12.2. The first-order valence-corrected chi connectivity index (χ1v) is 7.41. The average molecular weight is 285 g/mol. The number of carbonyl (C=O) groups is 2. The molecule has 1 aliphatic rings. The Kier molecular flexibility index (Phi) is 5.62. The number of ketones is 1. The normalized spacial score (nSPS) is 27.3. The van der Waals surface area contributed by atoms with E-state index in [0.29, 0.717) is 25.9 Å². The van der Waals surface area contributed by atoms with E-state index in [4.69, 9.17) is 12.2 Å². The van der Waals surface area contributed by atoms with Gasteiger partial charge in [-0.05, 0) is 37.9 Å². The molecule has 1 heterocycles. The molecule has 108 valence electrons. The van der Waals surface area contributed by atoms with Gasteiger partial charge in [0.15, 0.2) is 0 Å². The average Bonchev–Trinajstić information content (AvgIpc) is 2.36. The number of quaternary nitrogens is 1. The van der Waals surface area contributed by atoms with Crippen molar-refractivity contribution in [1.82, 2.24) is 0 Å². The van der Waals surface area contributed by atoms with Crippen LogP contribution in [-0.2, 0) is 9.59 Å². The van der Waals surface area contributed by atoms with Crippen LogP contribution in [0, 0.1) is 5.92 Å². The van der Waals surface area contributed by atoms with Gasteiger partial charge in [-0.25, -0.2) is 0 Å². The van der Waals surface area contributed by atoms with Crippen molar-refractivity contribution in [3.05, 3.63) is 0 Å². The van der Waals surface area contributed by atoms with Crippen LogP contribution < -0.4 is 5.11 Å². The smallest absolute Gasteiger partial charge is 0.242 e. The molecule has 0 spiro atoms. The maximum atomic E-state index is 12.2. The van der Waals surface area contributed by atoms with Gasteiger partial charge < -0.3 is 9.90 Å². The summed E-state index contributed by atoms with van der Waals surface area (Å²) in [5.41, 5.74) is 0. The third kappa shape index (κ3) is 3.39. The first-order valence-electron chi connectivity index (χ1n) is 7.00. The van der Waals surface area contributed by atoms with E-state index >= 15 is 0 Å². The minimum absolute atomic E-state index is 0.0833. The molecule has 2 atom stereocenters. The summed E-state index contributed by atoms with van der Waals surface area (Å²) in [5, 5.41) is 11.4. The monoisotopic (exact) mass is 285 g/mol. The molecule has 0 bridgehead atoms. The van der Waals surface area contributed by atoms with Crippen LogP contribution >= 0.6 is 12.2 Å². The molecule has 5 heteroatoms. The van der Waals surface area contributed by atoms with Gasteiger partial charge in [0, 0.05) is 12.8 Å². The molecule has 0 amide bonds. The van der Waals surface area contributed by atoms with Gasteiger partial charge in [0.05, 0.1) is 19.1 Å².